The molecule has 0 aliphatic carbocycles. The van der Waals surface area contributed by atoms with E-state index in [1.165, 1.54) is 11.1 Å². The van der Waals surface area contributed by atoms with E-state index < -0.39 is 0 Å². The van der Waals surface area contributed by atoms with Gasteiger partial charge in [0.05, 0.1) is 0 Å². The molecule has 3 aromatic carbocycles. The summed E-state index contributed by atoms with van der Waals surface area (Å²) in [5.41, 5.74) is 6.00. The predicted octanol–water partition coefficient (Wildman–Crippen LogP) is 5.24. The number of rotatable bonds is 3. The highest BCUT2D eigenvalue weighted by atomic mass is 32.1. The van der Waals surface area contributed by atoms with Crippen LogP contribution in [0.25, 0.3) is 22.6 Å². The molecule has 0 aliphatic heterocycles. The van der Waals surface area contributed by atoms with E-state index in [0.29, 0.717) is 22.6 Å². The van der Waals surface area contributed by atoms with Gasteiger partial charge in [-0.15, -0.1) is 0 Å². The summed E-state index contributed by atoms with van der Waals surface area (Å²) >= 11 is 5.26. The van der Waals surface area contributed by atoms with Gasteiger partial charge in [0.15, 0.2) is 10.7 Å². The Bertz CT molecular complexity index is 1220. The fraction of sp³-hybridized carbons (Fsp3) is 0.0870. The van der Waals surface area contributed by atoms with Crippen LogP contribution in [0.1, 0.15) is 21.5 Å². The van der Waals surface area contributed by atoms with Crippen molar-refractivity contribution in [1.29, 1.82) is 0 Å². The number of aromatic nitrogens is 1. The Balaban J connectivity index is 1.51. The molecule has 29 heavy (non-hydrogen) atoms. The Kier molecular flexibility index (Phi) is 5.10. The minimum absolute atomic E-state index is 0.219. The monoisotopic (exact) mass is 401 g/mol. The summed E-state index contributed by atoms with van der Waals surface area (Å²) in [6, 6.07) is 20.5. The Morgan fingerprint density at radius 2 is 1.76 bits per heavy atom. The summed E-state index contributed by atoms with van der Waals surface area (Å²) in [7, 11) is 0. The Hall–Kier alpha value is -3.51. The first-order chi connectivity index (χ1) is 14.0. The number of oxazole rings is 1. The van der Waals surface area contributed by atoms with Crippen molar-refractivity contribution in [3.8, 4) is 11.5 Å². The molecular formula is C23H19N3O2S. The van der Waals surface area contributed by atoms with Crippen molar-refractivity contribution in [2.45, 2.75) is 13.8 Å². The summed E-state index contributed by atoms with van der Waals surface area (Å²) < 4.78 is 5.89. The Morgan fingerprint density at radius 1 is 0.966 bits per heavy atom. The number of hydrogen-bond acceptors (Lipinski definition) is 4. The number of benzene rings is 3. The van der Waals surface area contributed by atoms with Gasteiger partial charge in [-0.2, -0.15) is 0 Å². The zero-order valence-electron chi connectivity index (χ0n) is 16.0. The van der Waals surface area contributed by atoms with Crippen LogP contribution < -0.4 is 10.6 Å². The molecule has 6 heteroatoms. The van der Waals surface area contributed by atoms with Gasteiger partial charge in [0.2, 0.25) is 5.89 Å². The molecule has 0 atom stereocenters. The molecule has 4 rings (SSSR count). The van der Waals surface area contributed by atoms with Crippen LogP contribution in [0, 0.1) is 13.8 Å². The number of nitrogens with one attached hydrogen (secondary N) is 2. The number of amides is 1. The van der Waals surface area contributed by atoms with Crippen molar-refractivity contribution < 1.29 is 9.21 Å². The van der Waals surface area contributed by atoms with Gasteiger partial charge in [0, 0.05) is 16.8 Å². The van der Waals surface area contributed by atoms with E-state index in [2.05, 4.69) is 41.6 Å². The van der Waals surface area contributed by atoms with E-state index in [1.807, 2.05) is 30.3 Å². The van der Waals surface area contributed by atoms with Gasteiger partial charge in [-0.3, -0.25) is 10.1 Å². The number of nitrogens with zero attached hydrogens (tertiary/aromatic N) is 1. The highest BCUT2D eigenvalue weighted by molar-refractivity contribution is 7.80. The van der Waals surface area contributed by atoms with Gasteiger partial charge >= 0.3 is 0 Å². The fourth-order valence-electron chi connectivity index (χ4n) is 2.93. The van der Waals surface area contributed by atoms with Gasteiger partial charge in [0.25, 0.3) is 5.91 Å². The lowest BCUT2D eigenvalue weighted by Gasteiger charge is -2.09. The van der Waals surface area contributed by atoms with E-state index in [9.17, 15) is 4.79 Å². The van der Waals surface area contributed by atoms with E-state index >= 15 is 0 Å². The van der Waals surface area contributed by atoms with Crippen LogP contribution in [-0.4, -0.2) is 16.0 Å². The summed E-state index contributed by atoms with van der Waals surface area (Å²) in [6.45, 7) is 4.14. The third-order valence-corrected chi connectivity index (χ3v) is 4.87. The number of carbonyl (C=O) groups excluding carboxylic acids is 1. The maximum absolute atomic E-state index is 12.2. The van der Waals surface area contributed by atoms with Crippen LogP contribution in [-0.2, 0) is 0 Å². The van der Waals surface area contributed by atoms with Gasteiger partial charge in [-0.25, -0.2) is 4.98 Å². The average molecular weight is 401 g/mol. The molecule has 0 saturated carbocycles. The molecule has 144 valence electrons. The van der Waals surface area contributed by atoms with Crippen LogP contribution in [0.15, 0.2) is 71.1 Å². The molecule has 0 saturated heterocycles. The Morgan fingerprint density at radius 3 is 2.52 bits per heavy atom. The molecule has 1 heterocycles. The number of carbonyl (C=O) groups is 1. The highest BCUT2D eigenvalue weighted by Gasteiger charge is 2.11. The lowest BCUT2D eigenvalue weighted by molar-refractivity contribution is 0.0977. The zero-order valence-corrected chi connectivity index (χ0v) is 16.8. The first kappa shape index (κ1) is 18.8. The predicted molar refractivity (Wildman–Crippen MR) is 119 cm³/mol. The normalized spacial score (nSPS) is 10.7. The second-order valence-corrected chi connectivity index (χ2v) is 7.18. The average Bonchev–Trinajstić information content (AvgIpc) is 3.14. The second kappa shape index (κ2) is 7.85. The van der Waals surface area contributed by atoms with Crippen molar-refractivity contribution in [3.63, 3.8) is 0 Å². The standard InChI is InChI=1S/C23H19N3O2S/c1-14-8-9-17(12-15(14)2)22-25-19-13-18(10-11-20(19)28-22)24-23(29)26-21(27)16-6-4-3-5-7-16/h3-13H,1-2H3,(H2,24,26,27,29). The summed E-state index contributed by atoms with van der Waals surface area (Å²) in [4.78, 5) is 16.8. The SMILES string of the molecule is Cc1ccc(-c2nc3cc(NC(=S)NC(=O)c4ccccc4)ccc3o2)cc1C. The van der Waals surface area contributed by atoms with E-state index in [4.69, 9.17) is 16.6 Å². The Labute approximate surface area is 173 Å². The van der Waals surface area contributed by atoms with Crippen LogP contribution in [0.3, 0.4) is 0 Å². The van der Waals surface area contributed by atoms with Crippen LogP contribution in [0.2, 0.25) is 0 Å². The smallest absolute Gasteiger partial charge is 0.257 e. The van der Waals surface area contributed by atoms with Crippen molar-refractivity contribution in [2.75, 3.05) is 5.32 Å². The van der Waals surface area contributed by atoms with Crippen LogP contribution >= 0.6 is 12.2 Å². The molecule has 4 aromatic rings. The van der Waals surface area contributed by atoms with Crippen LogP contribution in [0.4, 0.5) is 5.69 Å². The summed E-state index contributed by atoms with van der Waals surface area (Å²) in [6.07, 6.45) is 0. The summed E-state index contributed by atoms with van der Waals surface area (Å²) in [5, 5.41) is 5.91. The molecule has 0 unspecified atom stereocenters. The molecule has 0 bridgehead atoms. The van der Waals surface area contributed by atoms with E-state index in [-0.39, 0.29) is 11.0 Å². The quantitative estimate of drug-likeness (QED) is 0.460. The topological polar surface area (TPSA) is 67.2 Å². The lowest BCUT2D eigenvalue weighted by atomic mass is 10.1. The molecule has 2 N–H and O–H groups in total. The van der Waals surface area contributed by atoms with E-state index in [1.54, 1.807) is 24.3 Å². The molecule has 0 aliphatic rings. The number of anilines is 1. The molecule has 0 spiro atoms. The molecule has 1 amide bonds. The maximum atomic E-state index is 12.2. The fourth-order valence-corrected chi connectivity index (χ4v) is 3.14. The van der Waals surface area contributed by atoms with Crippen molar-refractivity contribution in [3.05, 3.63) is 83.4 Å². The van der Waals surface area contributed by atoms with Crippen LogP contribution in [0.5, 0.6) is 0 Å². The van der Waals surface area contributed by atoms with Crippen molar-refractivity contribution in [2.24, 2.45) is 0 Å². The molecule has 1 aromatic heterocycles. The first-order valence-corrected chi connectivity index (χ1v) is 9.56. The number of aryl methyl sites for hydroxylation is 2. The zero-order chi connectivity index (χ0) is 20.4. The van der Waals surface area contributed by atoms with Crippen molar-refractivity contribution >= 4 is 40.0 Å². The first-order valence-electron chi connectivity index (χ1n) is 9.15. The van der Waals surface area contributed by atoms with Gasteiger partial charge in [0.1, 0.15) is 5.52 Å². The third-order valence-electron chi connectivity index (χ3n) is 4.66. The molecular weight excluding hydrogens is 382 g/mol. The largest absolute Gasteiger partial charge is 0.436 e. The number of hydrogen-bond donors (Lipinski definition) is 2. The van der Waals surface area contributed by atoms with Crippen molar-refractivity contribution in [1.82, 2.24) is 10.3 Å². The molecule has 5 nitrogen and oxygen atoms in total. The number of thiocarbonyl (C=S) groups is 1. The van der Waals surface area contributed by atoms with E-state index in [0.717, 1.165) is 11.3 Å². The number of fused-ring (bicyclic) bond motifs is 1. The molecule has 0 fully saturated rings. The lowest BCUT2D eigenvalue weighted by Crippen LogP contribution is -2.34. The molecule has 0 radical (unpaired) electrons. The van der Waals surface area contributed by atoms with Gasteiger partial charge in [-0.05, 0) is 79.7 Å². The third kappa shape index (κ3) is 4.17. The highest BCUT2D eigenvalue weighted by Crippen LogP contribution is 2.27. The minimum Gasteiger partial charge on any atom is -0.436 e. The maximum Gasteiger partial charge on any atom is 0.257 e. The van der Waals surface area contributed by atoms with Gasteiger partial charge in [-0.1, -0.05) is 24.3 Å². The minimum atomic E-state index is -0.261. The van der Waals surface area contributed by atoms with Gasteiger partial charge < -0.3 is 9.73 Å². The summed E-state index contributed by atoms with van der Waals surface area (Å²) in [5.74, 6) is 0.308. The second-order valence-electron chi connectivity index (χ2n) is 6.77.